The maximum Gasteiger partial charge on any atom is 0.0988 e. The fraction of sp³-hybridized carbons (Fsp3) is 0.857. The normalized spacial score (nSPS) is 18.3. The first-order valence-electron chi connectivity index (χ1n) is 6.58. The van der Waals surface area contributed by atoms with Gasteiger partial charge >= 0.3 is 0 Å². The van der Waals surface area contributed by atoms with Crippen molar-refractivity contribution in [3.63, 3.8) is 0 Å². The van der Waals surface area contributed by atoms with Gasteiger partial charge in [0.2, 0.25) is 0 Å². The van der Waals surface area contributed by atoms with Gasteiger partial charge in [0.1, 0.15) is 0 Å². The zero-order valence-electron chi connectivity index (χ0n) is 12.6. The molecule has 4 heteroatoms. The van der Waals surface area contributed by atoms with Crippen LogP contribution in [0.1, 0.15) is 48.0 Å². The second-order valence-electron chi connectivity index (χ2n) is 6.81. The smallest absolute Gasteiger partial charge is 0.0988 e. The first-order chi connectivity index (χ1) is 7.67. The van der Waals surface area contributed by atoms with Crippen molar-refractivity contribution in [1.29, 1.82) is 0 Å². The van der Waals surface area contributed by atoms with E-state index in [2.05, 4.69) is 51.8 Å². The molecule has 1 heterocycles. The van der Waals surface area contributed by atoms with E-state index in [4.69, 9.17) is 0 Å². The van der Waals surface area contributed by atoms with E-state index in [9.17, 15) is 4.79 Å². The number of rotatable bonds is 3. The third kappa shape index (κ3) is 4.57. The number of nitrogens with zero attached hydrogens (tertiary/aromatic N) is 1. The number of hydrogen-bond donors (Lipinski definition) is 1. The maximum atomic E-state index is 12.1. The minimum Gasteiger partial charge on any atom is -0.428 e. The molecule has 1 saturated heterocycles. The standard InChI is InChI=1S/C14H27N2O.Re/c1-7-16-9-8-15-12(17)11(16)14(5,6)10-13(2,3)4;/h7-10H2,1-6H3,(H,15,17);/q-1;. The average molecular weight is 426 g/mol. The fourth-order valence-electron chi connectivity index (χ4n) is 3.10. The van der Waals surface area contributed by atoms with Crippen molar-refractivity contribution in [2.24, 2.45) is 10.8 Å². The Labute approximate surface area is 126 Å². The summed E-state index contributed by atoms with van der Waals surface area (Å²) in [6, 6.07) is 0.959. The maximum absolute atomic E-state index is 12.1. The van der Waals surface area contributed by atoms with Gasteiger partial charge in [0.25, 0.3) is 0 Å². The van der Waals surface area contributed by atoms with Crippen molar-refractivity contribution in [2.45, 2.75) is 48.0 Å². The first kappa shape index (κ1) is 18.0. The molecule has 1 fully saturated rings. The molecular weight excluding hydrogens is 398 g/mol. The molecule has 0 aromatic heterocycles. The Bertz CT molecular complexity index is 284. The largest absolute Gasteiger partial charge is 0.428 e. The van der Waals surface area contributed by atoms with Crippen LogP contribution in [-0.2, 0) is 25.2 Å². The number of likely N-dealkylation sites (N-methyl/N-ethyl adjacent to an activating group) is 1. The predicted molar refractivity (Wildman–Crippen MR) is 71.4 cm³/mol. The van der Waals surface area contributed by atoms with Crippen LogP contribution in [0, 0.1) is 16.9 Å². The molecule has 3 nitrogen and oxygen atoms in total. The molecule has 1 radical (unpaired) electrons. The summed E-state index contributed by atoms with van der Waals surface area (Å²) in [6.45, 7) is 15.8. The molecule has 1 rings (SSSR count). The van der Waals surface area contributed by atoms with E-state index in [1.165, 1.54) is 0 Å². The topological polar surface area (TPSA) is 32.3 Å². The predicted octanol–water partition coefficient (Wildman–Crippen LogP) is 2.43. The molecule has 18 heavy (non-hydrogen) atoms. The zero-order valence-corrected chi connectivity index (χ0v) is 15.3. The molecule has 0 aromatic carbocycles. The van der Waals surface area contributed by atoms with Gasteiger partial charge in [0, 0.05) is 27.0 Å². The third-order valence-corrected chi connectivity index (χ3v) is 3.19. The molecule has 1 aliphatic rings. The molecule has 0 aliphatic carbocycles. The van der Waals surface area contributed by atoms with E-state index >= 15 is 0 Å². The molecule has 0 bridgehead atoms. The van der Waals surface area contributed by atoms with Gasteiger partial charge in [-0.15, -0.1) is 5.41 Å². The van der Waals surface area contributed by atoms with Gasteiger partial charge in [-0.1, -0.05) is 48.0 Å². The summed E-state index contributed by atoms with van der Waals surface area (Å²) in [6.07, 6.45) is 1.01. The van der Waals surface area contributed by atoms with Gasteiger partial charge in [0.15, 0.2) is 0 Å². The van der Waals surface area contributed by atoms with Crippen LogP contribution in [0.15, 0.2) is 0 Å². The molecule has 0 spiro atoms. The van der Waals surface area contributed by atoms with Crippen molar-refractivity contribution >= 4 is 5.91 Å². The Kier molecular flexibility index (Phi) is 6.40. The van der Waals surface area contributed by atoms with Crippen LogP contribution >= 0.6 is 0 Å². The molecule has 0 saturated carbocycles. The van der Waals surface area contributed by atoms with Crippen LogP contribution in [0.4, 0.5) is 0 Å². The summed E-state index contributed by atoms with van der Waals surface area (Å²) in [5.41, 5.74) is 0.159. The summed E-state index contributed by atoms with van der Waals surface area (Å²) in [5, 5.41) is 2.97. The van der Waals surface area contributed by atoms with Gasteiger partial charge in [0.05, 0.1) is 5.91 Å². The summed E-state index contributed by atoms with van der Waals surface area (Å²) in [4.78, 5) is 14.3. The van der Waals surface area contributed by atoms with E-state index in [-0.39, 0.29) is 37.2 Å². The van der Waals surface area contributed by atoms with Crippen molar-refractivity contribution in [3.05, 3.63) is 6.04 Å². The Balaban J connectivity index is 0.00000289. The van der Waals surface area contributed by atoms with E-state index in [1.54, 1.807) is 0 Å². The van der Waals surface area contributed by atoms with E-state index in [1.807, 2.05) is 0 Å². The Morgan fingerprint density at radius 3 is 2.28 bits per heavy atom. The second kappa shape index (κ2) is 6.41. The quantitative estimate of drug-likeness (QED) is 0.705. The summed E-state index contributed by atoms with van der Waals surface area (Å²) in [5.74, 6) is 0.118. The first-order valence-corrected chi connectivity index (χ1v) is 6.58. The van der Waals surface area contributed by atoms with Gasteiger partial charge in [-0.25, -0.2) is 6.04 Å². The van der Waals surface area contributed by atoms with Crippen molar-refractivity contribution in [1.82, 2.24) is 10.2 Å². The van der Waals surface area contributed by atoms with Crippen LogP contribution in [0.3, 0.4) is 0 Å². The van der Waals surface area contributed by atoms with Crippen LogP contribution in [0.2, 0.25) is 0 Å². The van der Waals surface area contributed by atoms with Crippen molar-refractivity contribution in [3.8, 4) is 0 Å². The summed E-state index contributed by atoms with van der Waals surface area (Å²) in [7, 11) is 0. The second-order valence-corrected chi connectivity index (χ2v) is 6.81. The van der Waals surface area contributed by atoms with Gasteiger partial charge in [-0.3, -0.25) is 0 Å². The van der Waals surface area contributed by atoms with Crippen LogP contribution in [0.5, 0.6) is 0 Å². The number of hydrogen-bond acceptors (Lipinski definition) is 2. The third-order valence-electron chi connectivity index (χ3n) is 3.19. The van der Waals surface area contributed by atoms with E-state index in [0.717, 1.165) is 32.1 Å². The molecule has 1 amide bonds. The molecule has 0 unspecified atom stereocenters. The average Bonchev–Trinajstić information content (AvgIpc) is 2.12. The Morgan fingerprint density at radius 1 is 1.28 bits per heavy atom. The summed E-state index contributed by atoms with van der Waals surface area (Å²) >= 11 is 0. The molecule has 1 aliphatic heterocycles. The van der Waals surface area contributed by atoms with Gasteiger partial charge in [-0.2, -0.15) is 0 Å². The van der Waals surface area contributed by atoms with Crippen molar-refractivity contribution < 1.29 is 25.2 Å². The molecule has 1 N–H and O–H groups in total. The van der Waals surface area contributed by atoms with E-state index in [0.29, 0.717) is 0 Å². The molecule has 0 atom stereocenters. The number of piperazine rings is 1. The Hall–Kier alpha value is -0.0377. The minimum atomic E-state index is -0.0707. The van der Waals surface area contributed by atoms with Crippen LogP contribution < -0.4 is 5.32 Å². The molecular formula is C14H27N2ORe-. The number of carbonyl (C=O) groups is 1. The number of carbonyl (C=O) groups excluding carboxylic acids is 1. The van der Waals surface area contributed by atoms with Gasteiger partial charge in [-0.05, 0) is 18.5 Å². The number of nitrogens with one attached hydrogen (secondary N) is 1. The zero-order chi connectivity index (χ0) is 13.3. The molecule has 107 valence electrons. The van der Waals surface area contributed by atoms with Crippen LogP contribution in [-0.4, -0.2) is 30.4 Å². The molecule has 0 aromatic rings. The van der Waals surface area contributed by atoms with Gasteiger partial charge < -0.3 is 15.0 Å². The SMILES string of the molecule is CCN1CCNC(=O)[C-]1C(C)(C)CC(C)(C)C.[Re]. The van der Waals surface area contributed by atoms with E-state index < -0.39 is 0 Å². The Morgan fingerprint density at radius 2 is 1.83 bits per heavy atom. The monoisotopic (exact) mass is 426 g/mol. The van der Waals surface area contributed by atoms with Crippen LogP contribution in [0.25, 0.3) is 0 Å². The van der Waals surface area contributed by atoms with Crippen molar-refractivity contribution in [2.75, 3.05) is 19.6 Å². The fourth-order valence-corrected chi connectivity index (χ4v) is 3.10. The minimum absolute atomic E-state index is 0. The summed E-state index contributed by atoms with van der Waals surface area (Å²) < 4.78 is 0. The number of amides is 1.